The van der Waals surface area contributed by atoms with Gasteiger partial charge in [-0.3, -0.25) is 4.98 Å². The molecule has 2 heterocycles. The van der Waals surface area contributed by atoms with Crippen molar-refractivity contribution in [2.75, 3.05) is 12.4 Å². The van der Waals surface area contributed by atoms with Gasteiger partial charge in [-0.05, 0) is 6.92 Å². The third-order valence-corrected chi connectivity index (χ3v) is 2.15. The van der Waals surface area contributed by atoms with Crippen molar-refractivity contribution in [3.63, 3.8) is 0 Å². The molecule has 0 aromatic carbocycles. The van der Waals surface area contributed by atoms with Crippen LogP contribution in [0.3, 0.4) is 0 Å². The molecule has 2 rings (SSSR count). The zero-order valence-corrected chi connectivity index (χ0v) is 10.0. The van der Waals surface area contributed by atoms with Gasteiger partial charge in [0.15, 0.2) is 11.5 Å². The first-order chi connectivity index (χ1) is 8.69. The van der Waals surface area contributed by atoms with Crippen molar-refractivity contribution in [1.82, 2.24) is 15.1 Å². The maximum absolute atomic E-state index is 11.3. The Kier molecular flexibility index (Phi) is 3.52. The van der Waals surface area contributed by atoms with Crippen LogP contribution >= 0.6 is 0 Å². The Balaban J connectivity index is 2.03. The smallest absolute Gasteiger partial charge is 0.358 e. The van der Waals surface area contributed by atoms with Crippen LogP contribution in [0.2, 0.25) is 0 Å². The molecule has 0 amide bonds. The van der Waals surface area contributed by atoms with E-state index >= 15 is 0 Å². The van der Waals surface area contributed by atoms with Gasteiger partial charge in [-0.1, -0.05) is 5.16 Å². The maximum atomic E-state index is 11.3. The van der Waals surface area contributed by atoms with Gasteiger partial charge in [0.25, 0.3) is 0 Å². The number of esters is 1. The van der Waals surface area contributed by atoms with Crippen LogP contribution in [0.25, 0.3) is 0 Å². The zero-order valence-electron chi connectivity index (χ0n) is 10.0. The number of anilines is 1. The quantitative estimate of drug-likeness (QED) is 0.812. The van der Waals surface area contributed by atoms with Crippen LogP contribution in [0.5, 0.6) is 0 Å². The largest absolute Gasteiger partial charge is 0.464 e. The normalized spacial score (nSPS) is 10.1. The van der Waals surface area contributed by atoms with Crippen LogP contribution < -0.4 is 5.32 Å². The first-order valence-electron chi connectivity index (χ1n) is 5.25. The number of nitrogens with one attached hydrogen (secondary N) is 1. The second kappa shape index (κ2) is 5.26. The van der Waals surface area contributed by atoms with Crippen LogP contribution in [-0.4, -0.2) is 28.2 Å². The lowest BCUT2D eigenvalue weighted by Crippen LogP contribution is -2.08. The first-order valence-corrected chi connectivity index (χ1v) is 5.25. The lowest BCUT2D eigenvalue weighted by Gasteiger charge is -2.03. The molecular weight excluding hydrogens is 236 g/mol. The van der Waals surface area contributed by atoms with E-state index in [9.17, 15) is 4.79 Å². The average molecular weight is 248 g/mol. The van der Waals surface area contributed by atoms with Crippen molar-refractivity contribution in [3.05, 3.63) is 35.6 Å². The van der Waals surface area contributed by atoms with Gasteiger partial charge in [0, 0.05) is 6.07 Å². The summed E-state index contributed by atoms with van der Waals surface area (Å²) in [6, 6.07) is 1.81. The number of rotatable bonds is 4. The number of nitrogens with zero attached hydrogens (tertiary/aromatic N) is 3. The van der Waals surface area contributed by atoms with Crippen LogP contribution in [0.15, 0.2) is 23.0 Å². The molecule has 0 atom stereocenters. The molecule has 0 fully saturated rings. The van der Waals surface area contributed by atoms with E-state index in [0.717, 1.165) is 5.69 Å². The van der Waals surface area contributed by atoms with E-state index in [0.29, 0.717) is 18.1 Å². The van der Waals surface area contributed by atoms with Gasteiger partial charge in [0.1, 0.15) is 5.82 Å². The third-order valence-electron chi connectivity index (χ3n) is 2.15. The van der Waals surface area contributed by atoms with Gasteiger partial charge >= 0.3 is 5.97 Å². The molecule has 2 aromatic rings. The molecule has 0 bridgehead atoms. The number of carbonyl (C=O) groups is 1. The molecule has 0 unspecified atom stereocenters. The second-order valence-corrected chi connectivity index (χ2v) is 3.57. The molecule has 18 heavy (non-hydrogen) atoms. The first kappa shape index (κ1) is 12.0. The van der Waals surface area contributed by atoms with Crippen molar-refractivity contribution in [1.29, 1.82) is 0 Å². The summed E-state index contributed by atoms with van der Waals surface area (Å²) in [6.07, 6.45) is 2.85. The maximum Gasteiger partial charge on any atom is 0.358 e. The summed E-state index contributed by atoms with van der Waals surface area (Å²) in [4.78, 5) is 19.2. The molecule has 0 aliphatic heterocycles. The number of carbonyl (C=O) groups excluding carboxylic acids is 1. The molecular formula is C11H12N4O3. The minimum Gasteiger partial charge on any atom is -0.464 e. The number of ether oxygens (including phenoxy) is 1. The van der Waals surface area contributed by atoms with Crippen molar-refractivity contribution in [2.45, 2.75) is 13.5 Å². The van der Waals surface area contributed by atoms with E-state index in [1.54, 1.807) is 0 Å². The van der Waals surface area contributed by atoms with Crippen molar-refractivity contribution < 1.29 is 14.1 Å². The molecule has 0 radical (unpaired) electrons. The van der Waals surface area contributed by atoms with Crippen LogP contribution in [0.4, 0.5) is 5.82 Å². The fourth-order valence-electron chi connectivity index (χ4n) is 1.33. The summed E-state index contributed by atoms with van der Waals surface area (Å²) in [5.74, 6) is 0.617. The third kappa shape index (κ3) is 2.82. The Hall–Kier alpha value is -2.44. The summed E-state index contributed by atoms with van der Waals surface area (Å²) in [5.41, 5.74) is 0.956. The Morgan fingerprint density at radius 3 is 3.00 bits per heavy atom. The SMILES string of the molecule is COC(=O)c1cncc(NCc2cc(C)no2)n1. The lowest BCUT2D eigenvalue weighted by molar-refractivity contribution is 0.0593. The van der Waals surface area contributed by atoms with Gasteiger partial charge in [0.05, 0.1) is 31.7 Å². The van der Waals surface area contributed by atoms with Crippen molar-refractivity contribution >= 4 is 11.8 Å². The summed E-state index contributed by atoms with van der Waals surface area (Å²) in [7, 11) is 1.29. The van der Waals surface area contributed by atoms with E-state index in [-0.39, 0.29) is 5.69 Å². The summed E-state index contributed by atoms with van der Waals surface area (Å²) < 4.78 is 9.59. The number of hydrogen-bond acceptors (Lipinski definition) is 7. The van der Waals surface area contributed by atoms with Crippen LogP contribution in [0.1, 0.15) is 21.9 Å². The average Bonchev–Trinajstić information content (AvgIpc) is 2.81. The number of aromatic nitrogens is 3. The standard InChI is InChI=1S/C11H12N4O3/c1-7-3-8(18-15-7)4-13-10-6-12-5-9(14-10)11(16)17-2/h3,5-6H,4H2,1-2H3,(H,13,14). The van der Waals surface area contributed by atoms with E-state index in [1.807, 2.05) is 13.0 Å². The molecule has 0 saturated carbocycles. The van der Waals surface area contributed by atoms with Gasteiger partial charge < -0.3 is 14.6 Å². The van der Waals surface area contributed by atoms with Gasteiger partial charge in [-0.2, -0.15) is 0 Å². The van der Waals surface area contributed by atoms with Gasteiger partial charge in [-0.15, -0.1) is 0 Å². The predicted octanol–water partition coefficient (Wildman–Crippen LogP) is 1.17. The Morgan fingerprint density at radius 1 is 1.50 bits per heavy atom. The number of methoxy groups -OCH3 is 1. The minimum absolute atomic E-state index is 0.149. The van der Waals surface area contributed by atoms with Crippen molar-refractivity contribution in [2.24, 2.45) is 0 Å². The molecule has 0 saturated heterocycles. The molecule has 0 aliphatic rings. The highest BCUT2D eigenvalue weighted by molar-refractivity contribution is 5.87. The zero-order chi connectivity index (χ0) is 13.0. The molecule has 2 aromatic heterocycles. The Labute approximate surface area is 103 Å². The second-order valence-electron chi connectivity index (χ2n) is 3.57. The molecule has 7 nitrogen and oxygen atoms in total. The van der Waals surface area contributed by atoms with Crippen LogP contribution in [0, 0.1) is 6.92 Å². The monoisotopic (exact) mass is 248 g/mol. The molecule has 1 N–H and O–H groups in total. The highest BCUT2D eigenvalue weighted by atomic mass is 16.5. The highest BCUT2D eigenvalue weighted by Crippen LogP contribution is 2.07. The summed E-state index contributed by atoms with van der Waals surface area (Å²) in [5, 5.41) is 6.74. The van der Waals surface area contributed by atoms with E-state index in [4.69, 9.17) is 4.52 Å². The molecule has 7 heteroatoms. The topological polar surface area (TPSA) is 90.1 Å². The van der Waals surface area contributed by atoms with E-state index in [1.165, 1.54) is 19.5 Å². The predicted molar refractivity (Wildman–Crippen MR) is 61.9 cm³/mol. The fraction of sp³-hybridized carbons (Fsp3) is 0.273. The highest BCUT2D eigenvalue weighted by Gasteiger charge is 2.08. The van der Waals surface area contributed by atoms with Crippen LogP contribution in [-0.2, 0) is 11.3 Å². The number of aryl methyl sites for hydroxylation is 1. The van der Waals surface area contributed by atoms with Gasteiger partial charge in [-0.25, -0.2) is 9.78 Å². The van der Waals surface area contributed by atoms with E-state index < -0.39 is 5.97 Å². The number of hydrogen-bond donors (Lipinski definition) is 1. The van der Waals surface area contributed by atoms with Crippen molar-refractivity contribution in [3.8, 4) is 0 Å². The Bertz CT molecular complexity index is 553. The van der Waals surface area contributed by atoms with Gasteiger partial charge in [0.2, 0.25) is 0 Å². The Morgan fingerprint density at radius 2 is 2.33 bits per heavy atom. The minimum atomic E-state index is -0.526. The fourth-order valence-corrected chi connectivity index (χ4v) is 1.33. The summed E-state index contributed by atoms with van der Waals surface area (Å²) >= 11 is 0. The molecule has 0 aliphatic carbocycles. The summed E-state index contributed by atoms with van der Waals surface area (Å²) in [6.45, 7) is 2.25. The van der Waals surface area contributed by atoms with E-state index in [2.05, 4.69) is 25.2 Å². The lowest BCUT2D eigenvalue weighted by atomic mass is 10.4. The molecule has 0 spiro atoms. The molecule has 94 valence electrons.